The van der Waals surface area contributed by atoms with Gasteiger partial charge in [-0.25, -0.2) is 0 Å². The number of nitrogen functional groups attached to an aromatic ring is 1. The van der Waals surface area contributed by atoms with Gasteiger partial charge in [0.05, 0.1) is 0 Å². The molecular formula is C13H20N2. The second-order valence-corrected chi connectivity index (χ2v) is 4.74. The van der Waals surface area contributed by atoms with Crippen LogP contribution in [0.2, 0.25) is 0 Å². The SMILES string of the molecule is Cc1c(N)cccc1NC(C)CC1CC1. The van der Waals surface area contributed by atoms with Crippen molar-refractivity contribution in [2.75, 3.05) is 11.1 Å². The Bertz CT molecular complexity index is 342. The van der Waals surface area contributed by atoms with E-state index in [9.17, 15) is 0 Å². The first-order valence-corrected chi connectivity index (χ1v) is 5.78. The van der Waals surface area contributed by atoms with E-state index >= 15 is 0 Å². The molecule has 0 aromatic heterocycles. The van der Waals surface area contributed by atoms with E-state index in [0.29, 0.717) is 6.04 Å². The summed E-state index contributed by atoms with van der Waals surface area (Å²) in [7, 11) is 0. The van der Waals surface area contributed by atoms with E-state index in [2.05, 4.69) is 25.2 Å². The number of nitrogens with one attached hydrogen (secondary N) is 1. The van der Waals surface area contributed by atoms with Crippen molar-refractivity contribution in [3.63, 3.8) is 0 Å². The molecule has 1 unspecified atom stereocenters. The summed E-state index contributed by atoms with van der Waals surface area (Å²) in [5, 5.41) is 3.54. The number of benzene rings is 1. The smallest absolute Gasteiger partial charge is 0.0392 e. The topological polar surface area (TPSA) is 38.0 Å². The Hall–Kier alpha value is -1.18. The van der Waals surface area contributed by atoms with Crippen LogP contribution in [-0.4, -0.2) is 6.04 Å². The van der Waals surface area contributed by atoms with Gasteiger partial charge in [0.2, 0.25) is 0 Å². The van der Waals surface area contributed by atoms with Crippen LogP contribution in [0.25, 0.3) is 0 Å². The fourth-order valence-electron chi connectivity index (χ4n) is 1.99. The molecule has 2 nitrogen and oxygen atoms in total. The normalized spacial score (nSPS) is 17.5. The van der Waals surface area contributed by atoms with Crippen LogP contribution in [0.3, 0.4) is 0 Å². The van der Waals surface area contributed by atoms with Gasteiger partial charge < -0.3 is 11.1 Å². The molecule has 1 fully saturated rings. The van der Waals surface area contributed by atoms with E-state index in [1.807, 2.05) is 12.1 Å². The van der Waals surface area contributed by atoms with Crippen molar-refractivity contribution < 1.29 is 0 Å². The zero-order valence-electron chi connectivity index (χ0n) is 9.59. The van der Waals surface area contributed by atoms with Gasteiger partial charge in [-0.1, -0.05) is 18.9 Å². The molecule has 1 atom stereocenters. The lowest BCUT2D eigenvalue weighted by Crippen LogP contribution is -2.16. The molecule has 82 valence electrons. The molecule has 1 aromatic rings. The van der Waals surface area contributed by atoms with Gasteiger partial charge in [0.25, 0.3) is 0 Å². The minimum Gasteiger partial charge on any atom is -0.398 e. The number of nitrogens with two attached hydrogens (primary N) is 1. The molecule has 2 rings (SSSR count). The summed E-state index contributed by atoms with van der Waals surface area (Å²) in [6.45, 7) is 4.32. The minimum absolute atomic E-state index is 0.554. The van der Waals surface area contributed by atoms with Gasteiger partial charge in [0, 0.05) is 17.4 Å². The summed E-state index contributed by atoms with van der Waals surface area (Å²) in [6.07, 6.45) is 4.12. The predicted octanol–water partition coefficient (Wildman–Crippen LogP) is 3.18. The Balaban J connectivity index is 1.99. The highest BCUT2D eigenvalue weighted by molar-refractivity contribution is 5.63. The predicted molar refractivity (Wildman–Crippen MR) is 66.0 cm³/mol. The number of anilines is 2. The minimum atomic E-state index is 0.554. The molecule has 0 saturated heterocycles. The number of hydrogen-bond acceptors (Lipinski definition) is 2. The van der Waals surface area contributed by atoms with Gasteiger partial charge in [0.15, 0.2) is 0 Å². The van der Waals surface area contributed by atoms with Crippen LogP contribution in [0.1, 0.15) is 31.7 Å². The van der Waals surface area contributed by atoms with Gasteiger partial charge in [-0.3, -0.25) is 0 Å². The highest BCUT2D eigenvalue weighted by Crippen LogP contribution is 2.34. The first-order chi connectivity index (χ1) is 7.16. The maximum Gasteiger partial charge on any atom is 0.0392 e. The van der Waals surface area contributed by atoms with Crippen LogP contribution >= 0.6 is 0 Å². The molecule has 1 saturated carbocycles. The summed E-state index contributed by atoms with van der Waals surface area (Å²) in [6, 6.07) is 6.62. The van der Waals surface area contributed by atoms with E-state index in [-0.39, 0.29) is 0 Å². The molecule has 0 aliphatic heterocycles. The third-order valence-electron chi connectivity index (χ3n) is 3.16. The monoisotopic (exact) mass is 204 g/mol. The van der Waals surface area contributed by atoms with Crippen LogP contribution in [0.4, 0.5) is 11.4 Å². The molecule has 0 amide bonds. The van der Waals surface area contributed by atoms with Crippen molar-refractivity contribution in [2.45, 2.75) is 39.2 Å². The summed E-state index contributed by atoms with van der Waals surface area (Å²) in [4.78, 5) is 0. The zero-order valence-corrected chi connectivity index (χ0v) is 9.59. The first kappa shape index (κ1) is 10.3. The maximum atomic E-state index is 5.87. The first-order valence-electron chi connectivity index (χ1n) is 5.78. The van der Waals surface area contributed by atoms with Gasteiger partial charge in [-0.15, -0.1) is 0 Å². The fraction of sp³-hybridized carbons (Fsp3) is 0.538. The van der Waals surface area contributed by atoms with Crippen molar-refractivity contribution in [3.8, 4) is 0 Å². The average molecular weight is 204 g/mol. The lowest BCUT2D eigenvalue weighted by molar-refractivity contribution is 0.642. The second-order valence-electron chi connectivity index (χ2n) is 4.74. The molecule has 2 heteroatoms. The Morgan fingerprint density at radius 2 is 2.20 bits per heavy atom. The van der Waals surface area contributed by atoms with E-state index in [4.69, 9.17) is 5.73 Å². The molecule has 1 aliphatic carbocycles. The molecule has 1 aromatic carbocycles. The van der Waals surface area contributed by atoms with Crippen LogP contribution in [0.15, 0.2) is 18.2 Å². The summed E-state index contributed by atoms with van der Waals surface area (Å²) in [5.41, 5.74) is 9.09. The fourth-order valence-corrected chi connectivity index (χ4v) is 1.99. The molecule has 1 aliphatic rings. The lowest BCUT2D eigenvalue weighted by Gasteiger charge is -2.17. The van der Waals surface area contributed by atoms with E-state index in [0.717, 1.165) is 11.6 Å². The van der Waals surface area contributed by atoms with Crippen molar-refractivity contribution in [3.05, 3.63) is 23.8 Å². The summed E-state index contributed by atoms with van der Waals surface area (Å²) in [5.74, 6) is 0.967. The quantitative estimate of drug-likeness (QED) is 0.739. The molecular weight excluding hydrogens is 184 g/mol. The Morgan fingerprint density at radius 3 is 2.87 bits per heavy atom. The van der Waals surface area contributed by atoms with Gasteiger partial charge >= 0.3 is 0 Å². The van der Waals surface area contributed by atoms with Gasteiger partial charge in [-0.2, -0.15) is 0 Å². The largest absolute Gasteiger partial charge is 0.398 e. The highest BCUT2D eigenvalue weighted by atomic mass is 14.9. The zero-order chi connectivity index (χ0) is 10.8. The molecule has 0 heterocycles. The molecule has 0 spiro atoms. The standard InChI is InChI=1S/C13H20N2/c1-9(8-11-6-7-11)15-13-5-3-4-12(14)10(13)2/h3-5,9,11,15H,6-8,14H2,1-2H3. The maximum absolute atomic E-state index is 5.87. The van der Waals surface area contributed by atoms with E-state index in [1.165, 1.54) is 30.5 Å². The average Bonchev–Trinajstić information content (AvgIpc) is 2.97. The molecule has 0 bridgehead atoms. The van der Waals surface area contributed by atoms with Crippen LogP contribution < -0.4 is 11.1 Å². The van der Waals surface area contributed by atoms with Crippen molar-refractivity contribution in [1.82, 2.24) is 0 Å². The van der Waals surface area contributed by atoms with Gasteiger partial charge in [-0.05, 0) is 43.9 Å². The number of rotatable bonds is 4. The van der Waals surface area contributed by atoms with E-state index < -0.39 is 0 Å². The Morgan fingerprint density at radius 1 is 1.47 bits per heavy atom. The van der Waals surface area contributed by atoms with Crippen molar-refractivity contribution >= 4 is 11.4 Å². The van der Waals surface area contributed by atoms with Crippen molar-refractivity contribution in [2.24, 2.45) is 5.92 Å². The van der Waals surface area contributed by atoms with Crippen molar-refractivity contribution in [1.29, 1.82) is 0 Å². The Kier molecular flexibility index (Phi) is 2.85. The molecule has 3 N–H and O–H groups in total. The van der Waals surface area contributed by atoms with Crippen LogP contribution in [0, 0.1) is 12.8 Å². The van der Waals surface area contributed by atoms with Crippen LogP contribution in [0.5, 0.6) is 0 Å². The van der Waals surface area contributed by atoms with Gasteiger partial charge in [0.1, 0.15) is 0 Å². The third kappa shape index (κ3) is 2.65. The summed E-state index contributed by atoms with van der Waals surface area (Å²) < 4.78 is 0. The second kappa shape index (κ2) is 4.13. The van der Waals surface area contributed by atoms with E-state index in [1.54, 1.807) is 0 Å². The lowest BCUT2D eigenvalue weighted by atomic mass is 10.1. The van der Waals surface area contributed by atoms with Crippen LogP contribution in [-0.2, 0) is 0 Å². The summed E-state index contributed by atoms with van der Waals surface area (Å²) >= 11 is 0. The Labute approximate surface area is 91.9 Å². The third-order valence-corrected chi connectivity index (χ3v) is 3.16. The highest BCUT2D eigenvalue weighted by Gasteiger charge is 2.23. The molecule has 0 radical (unpaired) electrons. The number of hydrogen-bond donors (Lipinski definition) is 2. The molecule has 15 heavy (non-hydrogen) atoms.